The maximum absolute atomic E-state index is 12.2. The highest BCUT2D eigenvalue weighted by Gasteiger charge is 2.13. The molecule has 3 rings (SSSR count). The van der Waals surface area contributed by atoms with Crippen molar-refractivity contribution in [1.82, 2.24) is 5.43 Å². The molecule has 0 aromatic heterocycles. The lowest BCUT2D eigenvalue weighted by atomic mass is 10.2. The van der Waals surface area contributed by atoms with Gasteiger partial charge in [0.05, 0.1) is 27.0 Å². The van der Waals surface area contributed by atoms with Crippen LogP contribution < -0.4 is 14.9 Å². The van der Waals surface area contributed by atoms with Gasteiger partial charge in [-0.25, -0.2) is 5.43 Å². The molecule has 0 atom stereocenters. The third kappa shape index (κ3) is 6.35. The molecule has 8 heteroatoms. The molecule has 0 aliphatic carbocycles. The molecular formula is C23H19Cl2IN2O3. The number of amides is 1. The van der Waals surface area contributed by atoms with E-state index in [1.165, 1.54) is 6.21 Å². The van der Waals surface area contributed by atoms with E-state index in [1.807, 2.05) is 37.3 Å². The third-order valence-corrected chi connectivity index (χ3v) is 5.66. The molecule has 0 saturated carbocycles. The van der Waals surface area contributed by atoms with Crippen LogP contribution in [0.3, 0.4) is 0 Å². The molecule has 0 bridgehead atoms. The van der Waals surface area contributed by atoms with Crippen LogP contribution in [0.1, 0.15) is 28.4 Å². The van der Waals surface area contributed by atoms with Crippen molar-refractivity contribution >= 4 is 57.9 Å². The Morgan fingerprint density at radius 2 is 1.77 bits per heavy atom. The minimum atomic E-state index is -0.388. The zero-order valence-electron chi connectivity index (χ0n) is 16.6. The summed E-state index contributed by atoms with van der Waals surface area (Å²) in [6, 6.07) is 18.0. The largest absolute Gasteiger partial charge is 0.490 e. The molecule has 0 radical (unpaired) electrons. The number of benzene rings is 3. The Hall–Kier alpha value is -2.29. The Balaban J connectivity index is 1.74. The molecule has 0 unspecified atom stereocenters. The van der Waals surface area contributed by atoms with Crippen molar-refractivity contribution < 1.29 is 14.3 Å². The van der Waals surface area contributed by atoms with Crippen molar-refractivity contribution in [1.29, 1.82) is 0 Å². The molecule has 0 fully saturated rings. The van der Waals surface area contributed by atoms with Crippen molar-refractivity contribution in [2.75, 3.05) is 6.61 Å². The zero-order valence-corrected chi connectivity index (χ0v) is 20.2. The minimum Gasteiger partial charge on any atom is -0.490 e. The van der Waals surface area contributed by atoms with Gasteiger partial charge in [0, 0.05) is 10.6 Å². The lowest BCUT2D eigenvalue weighted by molar-refractivity contribution is 0.0955. The van der Waals surface area contributed by atoms with Crippen LogP contribution >= 0.6 is 45.8 Å². The van der Waals surface area contributed by atoms with Crippen molar-refractivity contribution in [2.45, 2.75) is 13.5 Å². The lowest BCUT2D eigenvalue weighted by Crippen LogP contribution is -2.18. The second-order valence-electron chi connectivity index (χ2n) is 6.32. The van der Waals surface area contributed by atoms with E-state index in [2.05, 4.69) is 33.1 Å². The van der Waals surface area contributed by atoms with E-state index in [9.17, 15) is 4.79 Å². The number of carbonyl (C=O) groups is 1. The molecule has 0 heterocycles. The van der Waals surface area contributed by atoms with Crippen molar-refractivity contribution in [3.63, 3.8) is 0 Å². The van der Waals surface area contributed by atoms with E-state index in [1.54, 1.807) is 30.3 Å². The molecule has 5 nitrogen and oxygen atoms in total. The summed E-state index contributed by atoms with van der Waals surface area (Å²) in [4.78, 5) is 12.2. The summed E-state index contributed by atoms with van der Waals surface area (Å²) < 4.78 is 12.6. The number of carbonyl (C=O) groups excluding carboxylic acids is 1. The highest BCUT2D eigenvalue weighted by atomic mass is 127. The Morgan fingerprint density at radius 3 is 2.48 bits per heavy atom. The molecule has 0 aliphatic rings. The maximum Gasteiger partial charge on any atom is 0.272 e. The quantitative estimate of drug-likeness (QED) is 0.196. The summed E-state index contributed by atoms with van der Waals surface area (Å²) in [6.45, 7) is 2.69. The summed E-state index contributed by atoms with van der Waals surface area (Å²) in [6.07, 6.45) is 1.54. The maximum atomic E-state index is 12.2. The zero-order chi connectivity index (χ0) is 22.2. The van der Waals surface area contributed by atoms with E-state index in [0.717, 1.165) is 14.7 Å². The average Bonchev–Trinajstić information content (AvgIpc) is 2.75. The summed E-state index contributed by atoms with van der Waals surface area (Å²) in [5.74, 6) is 0.821. The molecule has 160 valence electrons. The molecule has 0 aliphatic heterocycles. The number of nitrogens with zero attached hydrogens (tertiary/aromatic N) is 1. The van der Waals surface area contributed by atoms with Gasteiger partial charge < -0.3 is 9.47 Å². The summed E-state index contributed by atoms with van der Waals surface area (Å²) in [7, 11) is 0. The van der Waals surface area contributed by atoms with Crippen LogP contribution in [0.2, 0.25) is 10.0 Å². The van der Waals surface area contributed by atoms with Crippen molar-refractivity contribution in [3.8, 4) is 11.5 Å². The lowest BCUT2D eigenvalue weighted by Gasteiger charge is -2.15. The number of ether oxygens (including phenoxy) is 2. The van der Waals surface area contributed by atoms with Gasteiger partial charge in [-0.3, -0.25) is 4.79 Å². The van der Waals surface area contributed by atoms with Gasteiger partial charge in [-0.2, -0.15) is 5.10 Å². The predicted molar refractivity (Wildman–Crippen MR) is 133 cm³/mol. The molecule has 1 N–H and O–H groups in total. The van der Waals surface area contributed by atoms with Gasteiger partial charge in [-0.1, -0.05) is 53.5 Å². The second kappa shape index (κ2) is 11.4. The SMILES string of the molecule is CCOc1cc(/C=N\NC(=O)c2ccccc2Cl)cc(I)c1OCc1ccccc1Cl. The van der Waals surface area contributed by atoms with Gasteiger partial charge in [0.25, 0.3) is 5.91 Å². The van der Waals surface area contributed by atoms with Crippen LogP contribution in [-0.4, -0.2) is 18.7 Å². The average molecular weight is 569 g/mol. The first-order valence-electron chi connectivity index (χ1n) is 9.40. The fourth-order valence-corrected chi connectivity index (χ4v) is 3.89. The number of hydrazone groups is 1. The normalized spacial score (nSPS) is 10.8. The smallest absolute Gasteiger partial charge is 0.272 e. The van der Waals surface area contributed by atoms with Crippen molar-refractivity contribution in [3.05, 3.63) is 91.0 Å². The molecule has 1 amide bonds. The Bertz CT molecular complexity index is 1110. The highest BCUT2D eigenvalue weighted by Crippen LogP contribution is 2.35. The fraction of sp³-hybridized carbons (Fsp3) is 0.130. The van der Waals surface area contributed by atoms with Gasteiger partial charge in [0.15, 0.2) is 11.5 Å². The topological polar surface area (TPSA) is 59.9 Å². The first-order valence-corrected chi connectivity index (χ1v) is 11.2. The second-order valence-corrected chi connectivity index (χ2v) is 8.30. The molecule has 0 spiro atoms. The number of hydrogen-bond donors (Lipinski definition) is 1. The monoisotopic (exact) mass is 568 g/mol. The summed E-state index contributed by atoms with van der Waals surface area (Å²) in [5.41, 5.74) is 4.47. The van der Waals surface area contributed by atoms with Crippen LogP contribution in [0.25, 0.3) is 0 Å². The molecule has 3 aromatic carbocycles. The van der Waals surface area contributed by atoms with Crippen LogP contribution in [0.5, 0.6) is 11.5 Å². The first-order chi connectivity index (χ1) is 15.0. The molecule has 31 heavy (non-hydrogen) atoms. The Labute approximate surface area is 204 Å². The van der Waals surface area contributed by atoms with E-state index >= 15 is 0 Å². The number of rotatable bonds is 8. The van der Waals surface area contributed by atoms with E-state index in [-0.39, 0.29) is 5.91 Å². The van der Waals surface area contributed by atoms with Gasteiger partial charge >= 0.3 is 0 Å². The molecule has 0 saturated heterocycles. The van der Waals surface area contributed by atoms with E-state index in [0.29, 0.717) is 40.3 Å². The van der Waals surface area contributed by atoms with Crippen LogP contribution in [0.15, 0.2) is 65.8 Å². The Morgan fingerprint density at radius 1 is 1.06 bits per heavy atom. The van der Waals surface area contributed by atoms with E-state index < -0.39 is 0 Å². The number of nitrogens with one attached hydrogen (secondary N) is 1. The standard InChI is InChI=1S/C23H19Cl2IN2O3/c1-2-30-21-12-15(13-27-28-23(29)17-8-4-6-10-19(17)25)11-20(26)22(21)31-14-16-7-3-5-9-18(16)24/h3-13H,2,14H2,1H3,(H,28,29)/b27-13-. The summed E-state index contributed by atoms with van der Waals surface area (Å²) >= 11 is 14.4. The molecular weight excluding hydrogens is 550 g/mol. The fourth-order valence-electron chi connectivity index (χ4n) is 2.70. The van der Waals surface area contributed by atoms with Gasteiger partial charge in [0.2, 0.25) is 0 Å². The predicted octanol–water partition coefficient (Wildman–Crippen LogP) is 6.34. The molecule has 3 aromatic rings. The summed E-state index contributed by atoms with van der Waals surface area (Å²) in [5, 5.41) is 5.05. The number of halogens is 3. The van der Waals surface area contributed by atoms with Crippen molar-refractivity contribution in [2.24, 2.45) is 5.10 Å². The van der Waals surface area contributed by atoms with Gasteiger partial charge in [0.1, 0.15) is 6.61 Å². The highest BCUT2D eigenvalue weighted by molar-refractivity contribution is 14.1. The Kier molecular flexibility index (Phi) is 8.57. The van der Waals surface area contributed by atoms with E-state index in [4.69, 9.17) is 32.7 Å². The minimum absolute atomic E-state index is 0.317. The number of hydrogen-bond acceptors (Lipinski definition) is 4. The van der Waals surface area contributed by atoms with Gasteiger partial charge in [-0.15, -0.1) is 0 Å². The van der Waals surface area contributed by atoms with Crippen LogP contribution in [0.4, 0.5) is 0 Å². The van der Waals surface area contributed by atoms with Gasteiger partial charge in [-0.05, 0) is 65.4 Å². The van der Waals surface area contributed by atoms with Crippen LogP contribution in [-0.2, 0) is 6.61 Å². The van der Waals surface area contributed by atoms with Crippen LogP contribution in [0, 0.1) is 3.57 Å². The first kappa shape index (κ1) is 23.4. The third-order valence-electron chi connectivity index (χ3n) is 4.16.